The lowest BCUT2D eigenvalue weighted by Crippen LogP contribution is -2.48. The van der Waals surface area contributed by atoms with Gasteiger partial charge in [0.2, 0.25) is 15.9 Å². The second-order valence-corrected chi connectivity index (χ2v) is 9.44. The van der Waals surface area contributed by atoms with Crippen molar-refractivity contribution in [2.75, 3.05) is 17.7 Å². The first kappa shape index (κ1) is 23.0. The lowest BCUT2D eigenvalue weighted by atomic mass is 10.00. The highest BCUT2D eigenvalue weighted by molar-refractivity contribution is 7.92. The molecule has 29 heavy (non-hydrogen) atoms. The zero-order chi connectivity index (χ0) is 21.9. The summed E-state index contributed by atoms with van der Waals surface area (Å²) in [6, 6.07) is 9.33. The third-order valence-electron chi connectivity index (χ3n) is 4.72. The van der Waals surface area contributed by atoms with Gasteiger partial charge in [0.05, 0.1) is 25.1 Å². The van der Waals surface area contributed by atoms with Crippen molar-refractivity contribution in [2.45, 2.75) is 39.8 Å². The highest BCUT2D eigenvalue weighted by atomic mass is 35.5. The maximum Gasteiger partial charge on any atom is 0.244 e. The van der Waals surface area contributed by atoms with Crippen molar-refractivity contribution >= 4 is 33.2 Å². The fraction of sp³-hybridized carbons (Fsp3) is 0.381. The molecule has 0 radical (unpaired) electrons. The molecular formula is C21H27ClN2O4S. The molecule has 6 nitrogen and oxygen atoms in total. The lowest BCUT2D eigenvalue weighted by Gasteiger charge is -2.30. The van der Waals surface area contributed by atoms with Crippen LogP contribution in [0.4, 0.5) is 5.69 Å². The van der Waals surface area contributed by atoms with Crippen LogP contribution in [0.5, 0.6) is 5.75 Å². The average molecular weight is 439 g/mol. The summed E-state index contributed by atoms with van der Waals surface area (Å²) in [4.78, 5) is 13.0. The molecule has 0 saturated heterocycles. The van der Waals surface area contributed by atoms with Crippen LogP contribution in [0.15, 0.2) is 36.4 Å². The summed E-state index contributed by atoms with van der Waals surface area (Å²) in [5.74, 6) is -0.119. The Labute approximate surface area is 177 Å². The molecule has 2 rings (SSSR count). The van der Waals surface area contributed by atoms with Gasteiger partial charge in [0.25, 0.3) is 0 Å². The van der Waals surface area contributed by atoms with Gasteiger partial charge in [-0.25, -0.2) is 8.42 Å². The molecule has 0 bridgehead atoms. The summed E-state index contributed by atoms with van der Waals surface area (Å²) >= 11 is 6.07. The molecule has 158 valence electrons. The van der Waals surface area contributed by atoms with E-state index in [2.05, 4.69) is 5.32 Å². The summed E-state index contributed by atoms with van der Waals surface area (Å²) < 4.78 is 31.4. The molecule has 1 amide bonds. The molecule has 2 aromatic carbocycles. The smallest absolute Gasteiger partial charge is 0.244 e. The van der Waals surface area contributed by atoms with Crippen molar-refractivity contribution in [1.82, 2.24) is 5.32 Å². The first-order valence-electron chi connectivity index (χ1n) is 9.16. The standard InChI is InChI=1S/C21H27ClN2O4S/c1-13-7-9-18(14(2)11-13)15(3)23-21(25)16(4)24(29(6,26)27)19-12-17(22)8-10-20(19)28-5/h7-12,15-16H,1-6H3,(H,23,25)/t15-,16-/m0/s1. The summed E-state index contributed by atoms with van der Waals surface area (Å²) in [5.41, 5.74) is 3.38. The number of aryl methyl sites for hydroxylation is 2. The number of sulfonamides is 1. The molecular weight excluding hydrogens is 412 g/mol. The Bertz CT molecular complexity index is 1010. The van der Waals surface area contributed by atoms with Crippen molar-refractivity contribution in [3.8, 4) is 5.75 Å². The number of halogens is 1. The number of hydrogen-bond donors (Lipinski definition) is 1. The number of carbonyl (C=O) groups is 1. The van der Waals surface area contributed by atoms with Crippen molar-refractivity contribution < 1.29 is 17.9 Å². The molecule has 0 aliphatic heterocycles. The number of nitrogens with one attached hydrogen (secondary N) is 1. The fourth-order valence-corrected chi connectivity index (χ4v) is 4.68. The van der Waals surface area contributed by atoms with E-state index >= 15 is 0 Å². The Morgan fingerprint density at radius 3 is 2.34 bits per heavy atom. The van der Waals surface area contributed by atoms with Gasteiger partial charge in [-0.05, 0) is 57.0 Å². The number of hydrogen-bond acceptors (Lipinski definition) is 4. The van der Waals surface area contributed by atoms with Gasteiger partial charge in [0.15, 0.2) is 0 Å². The third-order valence-corrected chi connectivity index (χ3v) is 6.18. The maximum absolute atomic E-state index is 13.0. The molecule has 0 aliphatic carbocycles. The van der Waals surface area contributed by atoms with Gasteiger partial charge in [-0.2, -0.15) is 0 Å². The van der Waals surface area contributed by atoms with E-state index in [1.165, 1.54) is 20.1 Å². The summed E-state index contributed by atoms with van der Waals surface area (Å²) in [5, 5.41) is 3.25. The zero-order valence-electron chi connectivity index (χ0n) is 17.5. The van der Waals surface area contributed by atoms with E-state index in [1.807, 2.05) is 39.0 Å². The molecule has 2 atom stereocenters. The SMILES string of the molecule is COc1ccc(Cl)cc1N([C@@H](C)C(=O)N[C@@H](C)c1ccc(C)cc1C)S(C)(=O)=O. The Morgan fingerprint density at radius 2 is 1.79 bits per heavy atom. The number of methoxy groups -OCH3 is 1. The molecule has 1 N–H and O–H groups in total. The second kappa shape index (κ2) is 9.05. The van der Waals surface area contributed by atoms with Gasteiger partial charge < -0.3 is 10.1 Å². The lowest BCUT2D eigenvalue weighted by molar-refractivity contribution is -0.122. The predicted molar refractivity (Wildman–Crippen MR) is 117 cm³/mol. The van der Waals surface area contributed by atoms with Crippen molar-refractivity contribution in [3.05, 3.63) is 58.1 Å². The number of anilines is 1. The Balaban J connectivity index is 2.36. The molecule has 0 saturated carbocycles. The van der Waals surface area contributed by atoms with E-state index < -0.39 is 22.0 Å². The van der Waals surface area contributed by atoms with Gasteiger partial charge in [-0.3, -0.25) is 9.10 Å². The highest BCUT2D eigenvalue weighted by Crippen LogP contribution is 2.34. The fourth-order valence-electron chi connectivity index (χ4n) is 3.34. The Kier molecular flexibility index (Phi) is 7.19. The van der Waals surface area contributed by atoms with Crippen molar-refractivity contribution in [2.24, 2.45) is 0 Å². The van der Waals surface area contributed by atoms with Gasteiger partial charge >= 0.3 is 0 Å². The van der Waals surface area contributed by atoms with Gasteiger partial charge in [0.1, 0.15) is 11.8 Å². The van der Waals surface area contributed by atoms with Crippen LogP contribution in [0.1, 0.15) is 36.6 Å². The molecule has 0 aromatic heterocycles. The highest BCUT2D eigenvalue weighted by Gasteiger charge is 2.32. The monoisotopic (exact) mass is 438 g/mol. The van der Waals surface area contributed by atoms with Crippen LogP contribution in [-0.4, -0.2) is 33.7 Å². The number of nitrogens with zero attached hydrogens (tertiary/aromatic N) is 1. The summed E-state index contributed by atoms with van der Waals surface area (Å²) in [6.07, 6.45) is 1.05. The van der Waals surface area contributed by atoms with Crippen LogP contribution in [0.2, 0.25) is 5.02 Å². The largest absolute Gasteiger partial charge is 0.495 e. The number of rotatable bonds is 7. The summed E-state index contributed by atoms with van der Waals surface area (Å²) in [6.45, 7) is 7.39. The van der Waals surface area contributed by atoms with Gasteiger partial charge in [0, 0.05) is 5.02 Å². The van der Waals surface area contributed by atoms with Crippen LogP contribution in [0, 0.1) is 13.8 Å². The second-order valence-electron chi connectivity index (χ2n) is 7.14. The van der Waals surface area contributed by atoms with Crippen molar-refractivity contribution in [3.63, 3.8) is 0 Å². The molecule has 0 unspecified atom stereocenters. The molecule has 0 heterocycles. The minimum atomic E-state index is -3.79. The number of carbonyl (C=O) groups excluding carboxylic acids is 1. The topological polar surface area (TPSA) is 75.7 Å². The van der Waals surface area contributed by atoms with E-state index in [0.29, 0.717) is 10.8 Å². The van der Waals surface area contributed by atoms with E-state index in [1.54, 1.807) is 12.1 Å². The van der Waals surface area contributed by atoms with Crippen LogP contribution in [0.3, 0.4) is 0 Å². The maximum atomic E-state index is 13.0. The van der Waals surface area contributed by atoms with Crippen molar-refractivity contribution in [1.29, 1.82) is 0 Å². The van der Waals surface area contributed by atoms with Crippen LogP contribution in [0.25, 0.3) is 0 Å². The molecule has 2 aromatic rings. The van der Waals surface area contributed by atoms with Crippen LogP contribution >= 0.6 is 11.6 Å². The van der Waals surface area contributed by atoms with Gasteiger partial charge in [-0.1, -0.05) is 35.4 Å². The first-order chi connectivity index (χ1) is 13.5. The predicted octanol–water partition coefficient (Wildman–Crippen LogP) is 4.00. The molecule has 0 aliphatic rings. The minimum Gasteiger partial charge on any atom is -0.495 e. The Hall–Kier alpha value is -2.25. The van der Waals surface area contributed by atoms with Gasteiger partial charge in [-0.15, -0.1) is 0 Å². The number of benzene rings is 2. The molecule has 0 fully saturated rings. The molecule has 0 spiro atoms. The van der Waals surface area contributed by atoms with E-state index in [-0.39, 0.29) is 11.7 Å². The average Bonchev–Trinajstić information content (AvgIpc) is 2.60. The molecule has 8 heteroatoms. The number of ether oxygens (including phenoxy) is 1. The minimum absolute atomic E-state index is 0.212. The normalized spacial score (nSPS) is 13.5. The first-order valence-corrected chi connectivity index (χ1v) is 11.4. The van der Waals surface area contributed by atoms with E-state index in [4.69, 9.17) is 16.3 Å². The van der Waals surface area contributed by atoms with E-state index in [9.17, 15) is 13.2 Å². The van der Waals surface area contributed by atoms with Crippen LogP contribution in [-0.2, 0) is 14.8 Å². The van der Waals surface area contributed by atoms with Crippen LogP contribution < -0.4 is 14.4 Å². The summed E-state index contributed by atoms with van der Waals surface area (Å²) in [7, 11) is -2.36. The number of amides is 1. The Morgan fingerprint density at radius 1 is 1.14 bits per heavy atom. The zero-order valence-corrected chi connectivity index (χ0v) is 19.1. The quantitative estimate of drug-likeness (QED) is 0.708. The van der Waals surface area contributed by atoms with E-state index in [0.717, 1.165) is 27.3 Å². The third kappa shape index (κ3) is 5.42.